The Morgan fingerprint density at radius 3 is 2.07 bits per heavy atom. The van der Waals surface area contributed by atoms with E-state index in [9.17, 15) is 4.79 Å². The standard InChI is InChI=1S/C12H22N2O/c1-5-7-14(8-6-2)11(15)9-12(3,4)10-13/h5-9H2,1-4H3. The first-order valence-corrected chi connectivity index (χ1v) is 5.66. The van der Waals surface area contributed by atoms with Gasteiger partial charge in [0.25, 0.3) is 0 Å². The second-order valence-corrected chi connectivity index (χ2v) is 4.55. The van der Waals surface area contributed by atoms with Crippen molar-refractivity contribution in [2.24, 2.45) is 5.41 Å². The van der Waals surface area contributed by atoms with Crippen LogP contribution < -0.4 is 0 Å². The monoisotopic (exact) mass is 210 g/mol. The summed E-state index contributed by atoms with van der Waals surface area (Å²) < 4.78 is 0. The molecule has 0 aromatic rings. The highest BCUT2D eigenvalue weighted by molar-refractivity contribution is 5.77. The van der Waals surface area contributed by atoms with Gasteiger partial charge in [-0.15, -0.1) is 0 Å². The Morgan fingerprint density at radius 2 is 1.73 bits per heavy atom. The minimum atomic E-state index is -0.545. The molecule has 0 aromatic heterocycles. The number of rotatable bonds is 6. The fourth-order valence-corrected chi connectivity index (χ4v) is 1.43. The van der Waals surface area contributed by atoms with E-state index in [-0.39, 0.29) is 5.91 Å². The number of carbonyl (C=O) groups excluding carboxylic acids is 1. The van der Waals surface area contributed by atoms with Crippen molar-refractivity contribution in [2.75, 3.05) is 13.1 Å². The van der Waals surface area contributed by atoms with E-state index in [1.54, 1.807) is 13.8 Å². The molecular formula is C12H22N2O. The third-order valence-corrected chi connectivity index (χ3v) is 2.24. The fourth-order valence-electron chi connectivity index (χ4n) is 1.43. The van der Waals surface area contributed by atoms with Crippen LogP contribution in [0.3, 0.4) is 0 Å². The van der Waals surface area contributed by atoms with Gasteiger partial charge in [-0.3, -0.25) is 4.79 Å². The first-order chi connectivity index (χ1) is 6.96. The van der Waals surface area contributed by atoms with Crippen LogP contribution >= 0.6 is 0 Å². The molecular weight excluding hydrogens is 188 g/mol. The molecule has 0 spiro atoms. The molecule has 0 aromatic carbocycles. The van der Waals surface area contributed by atoms with E-state index in [4.69, 9.17) is 5.26 Å². The molecule has 0 unspecified atom stereocenters. The summed E-state index contributed by atoms with van der Waals surface area (Å²) in [6.45, 7) is 9.33. The summed E-state index contributed by atoms with van der Waals surface area (Å²) >= 11 is 0. The lowest BCUT2D eigenvalue weighted by Gasteiger charge is -2.24. The summed E-state index contributed by atoms with van der Waals surface area (Å²) in [6.07, 6.45) is 2.26. The topological polar surface area (TPSA) is 44.1 Å². The molecule has 86 valence electrons. The molecule has 1 amide bonds. The molecule has 0 bridgehead atoms. The van der Waals surface area contributed by atoms with Gasteiger partial charge in [-0.25, -0.2) is 0 Å². The average molecular weight is 210 g/mol. The molecule has 0 rings (SSSR count). The lowest BCUT2D eigenvalue weighted by molar-refractivity contribution is -0.132. The van der Waals surface area contributed by atoms with Gasteiger partial charge in [0.1, 0.15) is 0 Å². The van der Waals surface area contributed by atoms with Gasteiger partial charge in [-0.05, 0) is 26.7 Å². The van der Waals surface area contributed by atoms with E-state index < -0.39 is 5.41 Å². The van der Waals surface area contributed by atoms with Crippen molar-refractivity contribution in [1.29, 1.82) is 5.26 Å². The predicted molar refractivity (Wildman–Crippen MR) is 61.2 cm³/mol. The summed E-state index contributed by atoms with van der Waals surface area (Å²) in [5.74, 6) is 0.102. The molecule has 3 nitrogen and oxygen atoms in total. The van der Waals surface area contributed by atoms with Crippen LogP contribution in [0.15, 0.2) is 0 Å². The van der Waals surface area contributed by atoms with Crippen LogP contribution in [0.5, 0.6) is 0 Å². The third-order valence-electron chi connectivity index (χ3n) is 2.24. The quantitative estimate of drug-likeness (QED) is 0.676. The average Bonchev–Trinajstić information content (AvgIpc) is 2.17. The van der Waals surface area contributed by atoms with E-state index in [0.29, 0.717) is 6.42 Å². The molecule has 0 saturated heterocycles. The number of nitriles is 1. The highest BCUT2D eigenvalue weighted by atomic mass is 16.2. The van der Waals surface area contributed by atoms with Gasteiger partial charge in [0.05, 0.1) is 11.5 Å². The number of amides is 1. The van der Waals surface area contributed by atoms with Gasteiger partial charge in [-0.2, -0.15) is 5.26 Å². The molecule has 0 atom stereocenters. The van der Waals surface area contributed by atoms with Gasteiger partial charge in [-0.1, -0.05) is 13.8 Å². The zero-order valence-corrected chi connectivity index (χ0v) is 10.3. The molecule has 3 heteroatoms. The Morgan fingerprint density at radius 1 is 1.27 bits per heavy atom. The van der Waals surface area contributed by atoms with Crippen molar-refractivity contribution in [3.8, 4) is 6.07 Å². The van der Waals surface area contributed by atoms with Crippen molar-refractivity contribution in [3.63, 3.8) is 0 Å². The van der Waals surface area contributed by atoms with Gasteiger partial charge < -0.3 is 4.90 Å². The highest BCUT2D eigenvalue weighted by Gasteiger charge is 2.24. The smallest absolute Gasteiger partial charge is 0.224 e. The Kier molecular flexibility index (Phi) is 6.00. The second kappa shape index (κ2) is 6.44. The molecule has 15 heavy (non-hydrogen) atoms. The Bertz CT molecular complexity index is 234. The van der Waals surface area contributed by atoms with Gasteiger partial charge in [0, 0.05) is 19.5 Å². The minimum Gasteiger partial charge on any atom is -0.343 e. The van der Waals surface area contributed by atoms with Crippen molar-refractivity contribution in [1.82, 2.24) is 4.90 Å². The first-order valence-electron chi connectivity index (χ1n) is 5.66. The number of carbonyl (C=O) groups is 1. The Hall–Kier alpha value is -1.04. The van der Waals surface area contributed by atoms with E-state index in [0.717, 1.165) is 25.9 Å². The maximum atomic E-state index is 11.9. The molecule has 0 fully saturated rings. The van der Waals surface area contributed by atoms with E-state index >= 15 is 0 Å². The molecule has 0 saturated carbocycles. The lowest BCUT2D eigenvalue weighted by atomic mass is 9.91. The first kappa shape index (κ1) is 14.0. The van der Waals surface area contributed by atoms with Crippen LogP contribution in [0, 0.1) is 16.7 Å². The van der Waals surface area contributed by atoms with Crippen LogP contribution in [-0.4, -0.2) is 23.9 Å². The maximum Gasteiger partial charge on any atom is 0.224 e. The number of nitrogens with zero attached hydrogens (tertiary/aromatic N) is 2. The SMILES string of the molecule is CCCN(CCC)C(=O)CC(C)(C)C#N. The molecule has 0 aliphatic carbocycles. The van der Waals surface area contributed by atoms with Crippen LogP contribution in [0.4, 0.5) is 0 Å². The summed E-state index contributed by atoms with van der Waals surface area (Å²) in [7, 11) is 0. The number of hydrogen-bond acceptors (Lipinski definition) is 2. The van der Waals surface area contributed by atoms with E-state index in [1.807, 2.05) is 4.90 Å². The predicted octanol–water partition coefficient (Wildman–Crippen LogP) is 2.57. The molecule has 0 N–H and O–H groups in total. The summed E-state index contributed by atoms with van der Waals surface area (Å²) in [6, 6.07) is 2.16. The molecule has 0 heterocycles. The zero-order valence-electron chi connectivity index (χ0n) is 10.3. The van der Waals surface area contributed by atoms with Gasteiger partial charge >= 0.3 is 0 Å². The van der Waals surface area contributed by atoms with Crippen molar-refractivity contribution < 1.29 is 4.79 Å². The van der Waals surface area contributed by atoms with Gasteiger partial charge in [0.15, 0.2) is 0 Å². The largest absolute Gasteiger partial charge is 0.343 e. The van der Waals surface area contributed by atoms with Crippen LogP contribution in [0.25, 0.3) is 0 Å². The van der Waals surface area contributed by atoms with Crippen LogP contribution in [0.1, 0.15) is 47.0 Å². The fraction of sp³-hybridized carbons (Fsp3) is 0.833. The van der Waals surface area contributed by atoms with E-state index in [2.05, 4.69) is 19.9 Å². The van der Waals surface area contributed by atoms with E-state index in [1.165, 1.54) is 0 Å². The summed E-state index contributed by atoms with van der Waals surface area (Å²) in [5, 5.41) is 8.86. The molecule has 0 radical (unpaired) electrons. The van der Waals surface area contributed by atoms with Crippen molar-refractivity contribution in [3.05, 3.63) is 0 Å². The highest BCUT2D eigenvalue weighted by Crippen LogP contribution is 2.20. The third kappa shape index (κ3) is 5.41. The molecule has 0 aliphatic heterocycles. The number of hydrogen-bond donors (Lipinski definition) is 0. The Labute approximate surface area is 93.1 Å². The normalized spacial score (nSPS) is 10.9. The minimum absolute atomic E-state index is 0.102. The van der Waals surface area contributed by atoms with Gasteiger partial charge in [0.2, 0.25) is 5.91 Å². The molecule has 0 aliphatic rings. The summed E-state index contributed by atoms with van der Waals surface area (Å²) in [5.41, 5.74) is -0.545. The van der Waals surface area contributed by atoms with Crippen molar-refractivity contribution >= 4 is 5.91 Å². The Balaban J connectivity index is 4.32. The maximum absolute atomic E-state index is 11.9. The summed E-state index contributed by atoms with van der Waals surface area (Å²) in [4.78, 5) is 13.7. The second-order valence-electron chi connectivity index (χ2n) is 4.55. The van der Waals surface area contributed by atoms with Crippen molar-refractivity contribution in [2.45, 2.75) is 47.0 Å². The zero-order chi connectivity index (χ0) is 11.9. The van der Waals surface area contributed by atoms with Crippen LogP contribution in [0.2, 0.25) is 0 Å². The van der Waals surface area contributed by atoms with Crippen LogP contribution in [-0.2, 0) is 4.79 Å². The lowest BCUT2D eigenvalue weighted by Crippen LogP contribution is -2.35.